The summed E-state index contributed by atoms with van der Waals surface area (Å²) in [5.74, 6) is -0.0482. The predicted molar refractivity (Wildman–Crippen MR) is 109 cm³/mol. The van der Waals surface area contributed by atoms with Gasteiger partial charge in [-0.05, 0) is 35.9 Å². The summed E-state index contributed by atoms with van der Waals surface area (Å²) in [7, 11) is 1.79. The van der Waals surface area contributed by atoms with Gasteiger partial charge in [0, 0.05) is 31.2 Å². The summed E-state index contributed by atoms with van der Waals surface area (Å²) in [6.45, 7) is 0.502. The molecule has 0 aliphatic heterocycles. The minimum absolute atomic E-state index is 0.0482. The first kappa shape index (κ1) is 17.2. The van der Waals surface area contributed by atoms with E-state index in [-0.39, 0.29) is 5.91 Å². The van der Waals surface area contributed by atoms with Gasteiger partial charge in [0.15, 0.2) is 0 Å². The lowest BCUT2D eigenvalue weighted by Crippen LogP contribution is -2.23. The molecule has 4 rings (SSSR count). The van der Waals surface area contributed by atoms with Crippen LogP contribution in [-0.2, 0) is 11.3 Å². The van der Waals surface area contributed by atoms with Gasteiger partial charge >= 0.3 is 0 Å². The number of aromatic nitrogens is 3. The number of benzene rings is 2. The summed E-state index contributed by atoms with van der Waals surface area (Å²) < 4.78 is 3.08. The molecule has 27 heavy (non-hydrogen) atoms. The molecule has 0 atom stereocenters. The van der Waals surface area contributed by atoms with E-state index in [1.54, 1.807) is 41.9 Å². The summed E-state index contributed by atoms with van der Waals surface area (Å²) in [5, 5.41) is 0.935. The molecule has 2 aromatic carbocycles. The third-order valence-electron chi connectivity index (χ3n) is 4.20. The van der Waals surface area contributed by atoms with Gasteiger partial charge in [0.1, 0.15) is 5.01 Å². The van der Waals surface area contributed by atoms with Crippen molar-refractivity contribution in [2.45, 2.75) is 6.54 Å². The van der Waals surface area contributed by atoms with Gasteiger partial charge in [-0.25, -0.2) is 9.97 Å². The highest BCUT2D eigenvalue weighted by molar-refractivity contribution is 7.18. The highest BCUT2D eigenvalue weighted by Gasteiger charge is 2.09. The van der Waals surface area contributed by atoms with E-state index in [0.29, 0.717) is 6.54 Å². The normalized spacial score (nSPS) is 11.3. The molecule has 5 nitrogen and oxygen atoms in total. The van der Waals surface area contributed by atoms with E-state index in [0.717, 1.165) is 26.5 Å². The van der Waals surface area contributed by atoms with E-state index in [4.69, 9.17) is 0 Å². The van der Waals surface area contributed by atoms with Crippen LogP contribution in [0.1, 0.15) is 10.6 Å². The molecule has 6 heteroatoms. The highest BCUT2D eigenvalue weighted by Crippen LogP contribution is 2.22. The molecule has 1 amide bonds. The van der Waals surface area contributed by atoms with Crippen molar-refractivity contribution in [1.29, 1.82) is 0 Å². The van der Waals surface area contributed by atoms with Crippen molar-refractivity contribution < 1.29 is 4.79 Å². The monoisotopic (exact) mass is 374 g/mol. The van der Waals surface area contributed by atoms with Crippen molar-refractivity contribution in [1.82, 2.24) is 19.4 Å². The summed E-state index contributed by atoms with van der Waals surface area (Å²) >= 11 is 1.62. The van der Waals surface area contributed by atoms with E-state index in [1.807, 2.05) is 65.4 Å². The Morgan fingerprint density at radius 1 is 1.19 bits per heavy atom. The first-order valence-corrected chi connectivity index (χ1v) is 9.37. The number of hydrogen-bond donors (Lipinski definition) is 0. The maximum Gasteiger partial charge on any atom is 0.246 e. The van der Waals surface area contributed by atoms with Crippen LogP contribution < -0.4 is 0 Å². The molecule has 0 spiro atoms. The minimum atomic E-state index is -0.0482. The Balaban J connectivity index is 1.40. The molecule has 4 aromatic rings. The van der Waals surface area contributed by atoms with Crippen molar-refractivity contribution in [3.05, 3.63) is 83.9 Å². The number of hydrogen-bond acceptors (Lipinski definition) is 4. The van der Waals surface area contributed by atoms with Crippen molar-refractivity contribution in [2.75, 3.05) is 7.05 Å². The van der Waals surface area contributed by atoms with Gasteiger partial charge in [-0.2, -0.15) is 0 Å². The molecule has 134 valence electrons. The summed E-state index contributed by atoms with van der Waals surface area (Å²) in [6, 6.07) is 16.0. The highest BCUT2D eigenvalue weighted by atomic mass is 32.1. The largest absolute Gasteiger partial charge is 0.335 e. The van der Waals surface area contributed by atoms with Gasteiger partial charge < -0.3 is 9.47 Å². The first-order valence-electron chi connectivity index (χ1n) is 8.55. The van der Waals surface area contributed by atoms with Gasteiger partial charge in [0.2, 0.25) is 5.91 Å². The molecular formula is C21H18N4OS. The predicted octanol–water partition coefficient (Wildman–Crippen LogP) is 4.15. The van der Waals surface area contributed by atoms with Crippen molar-refractivity contribution in [3.8, 4) is 5.69 Å². The molecule has 2 heterocycles. The Hall–Kier alpha value is -3.25. The molecule has 0 aliphatic carbocycles. The number of thiazole rings is 1. The molecule has 0 fully saturated rings. The van der Waals surface area contributed by atoms with Crippen LogP contribution in [0.3, 0.4) is 0 Å². The average Bonchev–Trinajstić information content (AvgIpc) is 3.35. The number of rotatable bonds is 5. The molecular weight excluding hydrogens is 356 g/mol. The fourth-order valence-corrected chi connectivity index (χ4v) is 3.75. The standard InChI is InChI=1S/C21H18N4OS/c1-24(14-20-23-18-4-2-3-5-19(18)27-20)21(26)11-8-16-6-9-17(10-7-16)25-13-12-22-15-25/h2-13,15H,14H2,1H3/b11-8+. The Morgan fingerprint density at radius 3 is 2.74 bits per heavy atom. The topological polar surface area (TPSA) is 51.0 Å². The van der Waals surface area contributed by atoms with Crippen LogP contribution in [0, 0.1) is 0 Å². The third-order valence-corrected chi connectivity index (χ3v) is 5.22. The molecule has 0 bridgehead atoms. The second-order valence-electron chi connectivity index (χ2n) is 6.16. The van der Waals surface area contributed by atoms with E-state index in [1.165, 1.54) is 0 Å². The lowest BCUT2D eigenvalue weighted by molar-refractivity contribution is -0.125. The van der Waals surface area contributed by atoms with E-state index in [2.05, 4.69) is 9.97 Å². The number of likely N-dealkylation sites (N-methyl/N-ethyl adjacent to an activating group) is 1. The van der Waals surface area contributed by atoms with Crippen LogP contribution in [0.15, 0.2) is 73.3 Å². The van der Waals surface area contributed by atoms with Gasteiger partial charge in [-0.3, -0.25) is 4.79 Å². The smallest absolute Gasteiger partial charge is 0.246 e. The second-order valence-corrected chi connectivity index (χ2v) is 7.28. The van der Waals surface area contributed by atoms with Crippen molar-refractivity contribution in [2.24, 2.45) is 0 Å². The number of fused-ring (bicyclic) bond motifs is 1. The molecule has 2 aromatic heterocycles. The van der Waals surface area contributed by atoms with Gasteiger partial charge in [-0.1, -0.05) is 24.3 Å². The number of carbonyl (C=O) groups excluding carboxylic acids is 1. The Labute approximate surface area is 161 Å². The average molecular weight is 374 g/mol. The maximum absolute atomic E-state index is 12.4. The summed E-state index contributed by atoms with van der Waals surface area (Å²) in [4.78, 5) is 22.7. The van der Waals surface area contributed by atoms with Crippen LogP contribution in [0.25, 0.3) is 22.0 Å². The Bertz CT molecular complexity index is 1050. The quantitative estimate of drug-likeness (QED) is 0.493. The van der Waals surface area contributed by atoms with Crippen LogP contribution in [0.5, 0.6) is 0 Å². The van der Waals surface area contributed by atoms with Crippen molar-refractivity contribution >= 4 is 33.5 Å². The first-order chi connectivity index (χ1) is 13.2. The Kier molecular flexibility index (Phi) is 4.80. The molecule has 0 radical (unpaired) electrons. The van der Waals surface area contributed by atoms with Gasteiger partial charge in [0.05, 0.1) is 23.1 Å². The molecule has 0 saturated heterocycles. The lowest BCUT2D eigenvalue weighted by atomic mass is 10.2. The zero-order valence-corrected chi connectivity index (χ0v) is 15.6. The van der Waals surface area contributed by atoms with Crippen LogP contribution in [0.4, 0.5) is 0 Å². The van der Waals surface area contributed by atoms with E-state index < -0.39 is 0 Å². The second kappa shape index (κ2) is 7.55. The molecule has 0 unspecified atom stereocenters. The van der Waals surface area contributed by atoms with Gasteiger partial charge in [-0.15, -0.1) is 11.3 Å². The third kappa shape index (κ3) is 3.96. The van der Waals surface area contributed by atoms with Gasteiger partial charge in [0.25, 0.3) is 0 Å². The summed E-state index contributed by atoms with van der Waals surface area (Å²) in [6.07, 6.45) is 8.82. The van der Waals surface area contributed by atoms with Crippen LogP contribution in [0.2, 0.25) is 0 Å². The molecule has 0 N–H and O–H groups in total. The number of imidazole rings is 1. The lowest BCUT2D eigenvalue weighted by Gasteiger charge is -2.12. The fraction of sp³-hybridized carbons (Fsp3) is 0.0952. The number of nitrogens with zero attached hydrogens (tertiary/aromatic N) is 4. The fourth-order valence-electron chi connectivity index (χ4n) is 2.73. The van der Waals surface area contributed by atoms with E-state index in [9.17, 15) is 4.79 Å². The number of amides is 1. The number of carbonyl (C=O) groups is 1. The Morgan fingerprint density at radius 2 is 2.00 bits per heavy atom. The van der Waals surface area contributed by atoms with Crippen molar-refractivity contribution in [3.63, 3.8) is 0 Å². The SMILES string of the molecule is CN(Cc1nc2ccccc2s1)C(=O)/C=C/c1ccc(-n2ccnc2)cc1. The number of para-hydroxylation sites is 1. The zero-order chi connectivity index (χ0) is 18.6. The van der Waals surface area contributed by atoms with E-state index >= 15 is 0 Å². The zero-order valence-electron chi connectivity index (χ0n) is 14.8. The van der Waals surface area contributed by atoms with Crippen LogP contribution >= 0.6 is 11.3 Å². The maximum atomic E-state index is 12.4. The van der Waals surface area contributed by atoms with Crippen LogP contribution in [-0.4, -0.2) is 32.4 Å². The minimum Gasteiger partial charge on any atom is -0.335 e. The molecule has 0 saturated carbocycles. The molecule has 0 aliphatic rings. The summed E-state index contributed by atoms with van der Waals surface area (Å²) in [5.41, 5.74) is 2.98.